The zero-order valence-corrected chi connectivity index (χ0v) is 14.0. The number of benzene rings is 1. The molecule has 2 rings (SSSR count). The van der Waals surface area contributed by atoms with Crippen LogP contribution in [0.3, 0.4) is 0 Å². The summed E-state index contributed by atoms with van der Waals surface area (Å²) in [5.74, 6) is -0.0633. The Hall–Kier alpha value is -1.32. The number of hydrogen-bond acceptors (Lipinski definition) is 2. The summed E-state index contributed by atoms with van der Waals surface area (Å²) in [5.41, 5.74) is 0.862. The van der Waals surface area contributed by atoms with E-state index in [9.17, 15) is 4.79 Å². The normalized spacial score (nSPS) is 19.5. The van der Waals surface area contributed by atoms with Crippen molar-refractivity contribution in [2.75, 3.05) is 19.6 Å². The lowest BCUT2D eigenvalue weighted by Gasteiger charge is -2.33. The maximum absolute atomic E-state index is 11.8. The molecule has 1 heterocycles. The molecule has 1 aromatic rings. The highest BCUT2D eigenvalue weighted by atomic mass is 35.5. The average Bonchev–Trinajstić information content (AvgIpc) is 2.52. The molecule has 1 amide bonds. The van der Waals surface area contributed by atoms with Crippen LogP contribution in [0.1, 0.15) is 38.2 Å². The van der Waals surface area contributed by atoms with Gasteiger partial charge >= 0.3 is 0 Å². The third-order valence-corrected chi connectivity index (χ3v) is 4.53. The quantitative estimate of drug-likeness (QED) is 0.640. The van der Waals surface area contributed by atoms with E-state index in [1.165, 1.54) is 25.8 Å². The molecular weight excluding hydrogens is 296 g/mol. The first kappa shape index (κ1) is 17.0. The Morgan fingerprint density at radius 2 is 2.23 bits per heavy atom. The molecule has 22 heavy (non-hydrogen) atoms. The lowest BCUT2D eigenvalue weighted by molar-refractivity contribution is -0.116. The molecule has 1 atom stereocenters. The van der Waals surface area contributed by atoms with Crippen molar-refractivity contribution in [3.8, 4) is 0 Å². The minimum absolute atomic E-state index is 0.0633. The second-order valence-corrected chi connectivity index (χ2v) is 6.29. The predicted octanol–water partition coefficient (Wildman–Crippen LogP) is 3.73. The Kier molecular flexibility index (Phi) is 6.94. The van der Waals surface area contributed by atoms with Crippen LogP contribution in [0.25, 0.3) is 6.08 Å². The highest BCUT2D eigenvalue weighted by molar-refractivity contribution is 6.32. The van der Waals surface area contributed by atoms with Gasteiger partial charge in [-0.2, -0.15) is 0 Å². The third-order valence-electron chi connectivity index (χ3n) is 4.18. The molecule has 0 aliphatic carbocycles. The van der Waals surface area contributed by atoms with E-state index < -0.39 is 0 Å². The zero-order chi connectivity index (χ0) is 15.8. The van der Waals surface area contributed by atoms with E-state index in [2.05, 4.69) is 17.1 Å². The molecule has 1 aromatic carbocycles. The van der Waals surface area contributed by atoms with E-state index in [1.807, 2.05) is 24.3 Å². The van der Waals surface area contributed by atoms with Gasteiger partial charge in [-0.1, -0.05) is 36.2 Å². The largest absolute Gasteiger partial charge is 0.353 e. The highest BCUT2D eigenvalue weighted by Gasteiger charge is 2.16. The number of nitrogens with one attached hydrogen (secondary N) is 1. The van der Waals surface area contributed by atoms with Crippen LogP contribution in [-0.4, -0.2) is 36.5 Å². The number of likely N-dealkylation sites (tertiary alicyclic amines) is 1. The van der Waals surface area contributed by atoms with Crippen molar-refractivity contribution in [1.82, 2.24) is 10.2 Å². The smallest absolute Gasteiger partial charge is 0.244 e. The Morgan fingerprint density at radius 3 is 3.00 bits per heavy atom. The monoisotopic (exact) mass is 320 g/mol. The fourth-order valence-electron chi connectivity index (χ4n) is 2.82. The molecule has 1 aliphatic heterocycles. The Bertz CT molecular complexity index is 516. The second-order valence-electron chi connectivity index (χ2n) is 5.88. The van der Waals surface area contributed by atoms with Crippen LogP contribution in [0, 0.1) is 0 Å². The van der Waals surface area contributed by atoms with Gasteiger partial charge in [-0.15, -0.1) is 0 Å². The summed E-state index contributed by atoms with van der Waals surface area (Å²) in [6.45, 7) is 5.27. The molecule has 0 spiro atoms. The number of halogens is 1. The standard InChI is InChI=1S/C18H25ClN2O/c1-15-7-4-5-13-21(15)14-6-12-20-18(22)11-10-16-8-2-3-9-17(16)19/h2-3,8-11,15H,4-7,12-14H2,1H3,(H,20,22)/b11-10+/t15-/m0/s1. The van der Waals surface area contributed by atoms with Gasteiger partial charge in [0.2, 0.25) is 5.91 Å². The average molecular weight is 321 g/mol. The summed E-state index contributed by atoms with van der Waals surface area (Å²) in [6, 6.07) is 8.18. The highest BCUT2D eigenvalue weighted by Crippen LogP contribution is 2.17. The maximum Gasteiger partial charge on any atom is 0.244 e. The van der Waals surface area contributed by atoms with Crippen molar-refractivity contribution < 1.29 is 4.79 Å². The Morgan fingerprint density at radius 1 is 1.41 bits per heavy atom. The number of nitrogens with zero attached hydrogens (tertiary/aromatic N) is 1. The van der Waals surface area contributed by atoms with Gasteiger partial charge in [0.25, 0.3) is 0 Å². The fraction of sp³-hybridized carbons (Fsp3) is 0.500. The molecule has 1 fully saturated rings. The van der Waals surface area contributed by atoms with Crippen LogP contribution in [-0.2, 0) is 4.79 Å². The first-order valence-corrected chi connectivity index (χ1v) is 8.49. The summed E-state index contributed by atoms with van der Waals surface area (Å²) in [5, 5.41) is 3.59. The second kappa shape index (κ2) is 8.96. The molecule has 1 saturated heterocycles. The van der Waals surface area contributed by atoms with E-state index in [0.717, 1.165) is 25.1 Å². The van der Waals surface area contributed by atoms with Gasteiger partial charge < -0.3 is 10.2 Å². The molecule has 0 radical (unpaired) electrons. The van der Waals surface area contributed by atoms with Gasteiger partial charge in [0.15, 0.2) is 0 Å². The van der Waals surface area contributed by atoms with Crippen LogP contribution >= 0.6 is 11.6 Å². The lowest BCUT2D eigenvalue weighted by atomic mass is 10.0. The van der Waals surface area contributed by atoms with Crippen molar-refractivity contribution in [2.45, 2.75) is 38.6 Å². The predicted molar refractivity (Wildman–Crippen MR) is 93.0 cm³/mol. The number of hydrogen-bond donors (Lipinski definition) is 1. The first-order valence-electron chi connectivity index (χ1n) is 8.11. The summed E-state index contributed by atoms with van der Waals surface area (Å²) in [7, 11) is 0. The summed E-state index contributed by atoms with van der Waals surface area (Å²) in [4.78, 5) is 14.3. The molecule has 1 N–H and O–H groups in total. The van der Waals surface area contributed by atoms with E-state index in [1.54, 1.807) is 12.2 Å². The van der Waals surface area contributed by atoms with Gasteiger partial charge in [-0.25, -0.2) is 0 Å². The molecule has 4 heteroatoms. The minimum Gasteiger partial charge on any atom is -0.353 e. The molecule has 0 unspecified atom stereocenters. The van der Waals surface area contributed by atoms with Gasteiger partial charge in [0.05, 0.1) is 0 Å². The van der Waals surface area contributed by atoms with Gasteiger partial charge in [-0.05, 0) is 50.4 Å². The zero-order valence-electron chi connectivity index (χ0n) is 13.2. The number of piperidine rings is 1. The van der Waals surface area contributed by atoms with Crippen molar-refractivity contribution in [1.29, 1.82) is 0 Å². The number of amides is 1. The summed E-state index contributed by atoms with van der Waals surface area (Å²) < 4.78 is 0. The number of rotatable bonds is 6. The van der Waals surface area contributed by atoms with Crippen molar-refractivity contribution in [3.63, 3.8) is 0 Å². The van der Waals surface area contributed by atoms with E-state index in [0.29, 0.717) is 11.1 Å². The van der Waals surface area contributed by atoms with Crippen LogP contribution in [0.15, 0.2) is 30.3 Å². The van der Waals surface area contributed by atoms with Crippen LogP contribution in [0.4, 0.5) is 0 Å². The Labute approximate surface area is 138 Å². The van der Waals surface area contributed by atoms with E-state index >= 15 is 0 Å². The maximum atomic E-state index is 11.8. The van der Waals surface area contributed by atoms with Gasteiger partial charge in [0, 0.05) is 30.2 Å². The topological polar surface area (TPSA) is 32.3 Å². The summed E-state index contributed by atoms with van der Waals surface area (Å²) in [6.07, 6.45) is 8.25. The van der Waals surface area contributed by atoms with E-state index in [4.69, 9.17) is 11.6 Å². The molecule has 120 valence electrons. The molecule has 0 aromatic heterocycles. The minimum atomic E-state index is -0.0633. The number of carbonyl (C=O) groups is 1. The first-order chi connectivity index (χ1) is 10.7. The van der Waals surface area contributed by atoms with Gasteiger partial charge in [0.1, 0.15) is 0 Å². The Balaban J connectivity index is 1.66. The third kappa shape index (κ3) is 5.47. The molecular formula is C18H25ClN2O. The fourth-order valence-corrected chi connectivity index (χ4v) is 3.02. The SMILES string of the molecule is C[C@H]1CCCCN1CCCNC(=O)/C=C/c1ccccc1Cl. The van der Waals surface area contributed by atoms with Crippen molar-refractivity contribution in [3.05, 3.63) is 40.9 Å². The summed E-state index contributed by atoms with van der Waals surface area (Å²) >= 11 is 6.05. The van der Waals surface area contributed by atoms with Crippen LogP contribution in [0.5, 0.6) is 0 Å². The van der Waals surface area contributed by atoms with Gasteiger partial charge in [-0.3, -0.25) is 4.79 Å². The van der Waals surface area contributed by atoms with Crippen LogP contribution in [0.2, 0.25) is 5.02 Å². The van der Waals surface area contributed by atoms with E-state index in [-0.39, 0.29) is 5.91 Å². The molecule has 3 nitrogen and oxygen atoms in total. The van der Waals surface area contributed by atoms with Crippen molar-refractivity contribution in [2.24, 2.45) is 0 Å². The van der Waals surface area contributed by atoms with Crippen molar-refractivity contribution >= 4 is 23.6 Å². The molecule has 0 bridgehead atoms. The lowest BCUT2D eigenvalue weighted by Crippen LogP contribution is -2.39. The van der Waals surface area contributed by atoms with Crippen LogP contribution < -0.4 is 5.32 Å². The molecule has 1 aliphatic rings. The molecule has 0 saturated carbocycles. The number of carbonyl (C=O) groups excluding carboxylic acids is 1.